The zero-order chi connectivity index (χ0) is 27.3. The van der Waals surface area contributed by atoms with E-state index < -0.39 is 0 Å². The fraction of sp³-hybridized carbons (Fsp3) is 0.0667. The van der Waals surface area contributed by atoms with Gasteiger partial charge in [0.25, 0.3) is 11.1 Å². The maximum absolute atomic E-state index is 13.2. The largest absolute Gasteiger partial charge is 0.457 e. The Morgan fingerprint density at radius 3 is 1.36 bits per heavy atom. The first-order valence-electron chi connectivity index (χ1n) is 12.2. The maximum Gasteiger partial charge on any atom is 0.266 e. The number of aromatic amines is 2. The van der Waals surface area contributed by atoms with Crippen molar-refractivity contribution in [1.82, 2.24) is 19.1 Å². The van der Waals surface area contributed by atoms with Crippen LogP contribution in [-0.2, 0) is 0 Å². The fourth-order valence-corrected chi connectivity index (χ4v) is 5.18. The Morgan fingerprint density at radius 2 is 0.974 bits per heavy atom. The summed E-state index contributed by atoms with van der Waals surface area (Å²) in [5.41, 5.74) is 4.30. The summed E-state index contributed by atoms with van der Waals surface area (Å²) in [6.07, 6.45) is 0. The van der Waals surface area contributed by atoms with Gasteiger partial charge in [0, 0.05) is 0 Å². The summed E-state index contributed by atoms with van der Waals surface area (Å²) in [6.45, 7) is 3.89. The first kappa shape index (κ1) is 24.7. The molecule has 0 saturated heterocycles. The topological polar surface area (TPSA) is 84.8 Å². The molecule has 0 unspecified atom stereocenters. The van der Waals surface area contributed by atoms with Gasteiger partial charge in [-0.2, -0.15) is 0 Å². The van der Waals surface area contributed by atoms with Crippen LogP contribution in [-0.4, -0.2) is 19.1 Å². The number of nitrogens with one attached hydrogen (secondary N) is 2. The second-order valence-corrected chi connectivity index (χ2v) is 10.1. The lowest BCUT2D eigenvalue weighted by atomic mass is 10.1. The number of fused-ring (bicyclic) bond motifs is 2. The molecule has 39 heavy (non-hydrogen) atoms. The summed E-state index contributed by atoms with van der Waals surface area (Å²) < 4.78 is 9.59. The van der Waals surface area contributed by atoms with Crippen molar-refractivity contribution in [2.24, 2.45) is 0 Å². The van der Waals surface area contributed by atoms with E-state index in [1.54, 1.807) is 48.5 Å². The quantitative estimate of drug-likeness (QED) is 0.235. The van der Waals surface area contributed by atoms with Crippen molar-refractivity contribution in [1.29, 1.82) is 0 Å². The Morgan fingerprint density at radius 1 is 0.590 bits per heavy atom. The molecule has 7 nitrogen and oxygen atoms in total. The summed E-state index contributed by atoms with van der Waals surface area (Å²) >= 11 is 10.9. The Hall–Kier alpha value is -4.60. The van der Waals surface area contributed by atoms with E-state index in [-0.39, 0.29) is 11.1 Å². The second-order valence-electron chi connectivity index (χ2n) is 9.33. The minimum absolute atomic E-state index is 0.181. The van der Waals surface area contributed by atoms with Crippen LogP contribution in [0.5, 0.6) is 11.5 Å². The number of nitrogens with zero attached hydrogens (tertiary/aromatic N) is 2. The highest BCUT2D eigenvalue weighted by Crippen LogP contribution is 2.24. The van der Waals surface area contributed by atoms with E-state index in [0.29, 0.717) is 54.2 Å². The number of ether oxygens (including phenoxy) is 1. The number of H-pyrrole nitrogens is 2. The van der Waals surface area contributed by atoms with Gasteiger partial charge in [-0.25, -0.2) is 0 Å². The number of aromatic nitrogens is 4. The average Bonchev–Trinajstić information content (AvgIpc) is 2.92. The van der Waals surface area contributed by atoms with Gasteiger partial charge in [-0.3, -0.25) is 18.7 Å². The summed E-state index contributed by atoms with van der Waals surface area (Å²) in [5, 5.41) is 1.15. The lowest BCUT2D eigenvalue weighted by molar-refractivity contribution is 0.482. The van der Waals surface area contributed by atoms with E-state index >= 15 is 0 Å². The van der Waals surface area contributed by atoms with Crippen molar-refractivity contribution in [3.8, 4) is 22.9 Å². The van der Waals surface area contributed by atoms with Crippen LogP contribution in [0.1, 0.15) is 11.1 Å². The highest BCUT2D eigenvalue weighted by molar-refractivity contribution is 7.71. The van der Waals surface area contributed by atoms with Crippen LogP contribution in [0.3, 0.4) is 0 Å². The first-order chi connectivity index (χ1) is 18.8. The number of aryl methyl sites for hydroxylation is 2. The number of hydrogen-bond donors (Lipinski definition) is 2. The van der Waals surface area contributed by atoms with Gasteiger partial charge in [-0.05, 0) is 111 Å². The highest BCUT2D eigenvalue weighted by Gasteiger charge is 2.10. The third kappa shape index (κ3) is 4.52. The lowest BCUT2D eigenvalue weighted by Crippen LogP contribution is -2.20. The molecule has 192 valence electrons. The van der Waals surface area contributed by atoms with Gasteiger partial charge in [-0.1, -0.05) is 23.3 Å². The monoisotopic (exact) mass is 550 g/mol. The molecular weight excluding hydrogens is 528 g/mol. The summed E-state index contributed by atoms with van der Waals surface area (Å²) in [5.74, 6) is 1.17. The standard InChI is InChI=1S/C30H22N4O3S2/c1-17-3-13-25-23(15-17)27(35)33(29(38)31-25)19-5-9-21(10-6-19)37-22-11-7-20(8-12-22)34-28(36)24-16-18(2)4-14-26(24)32-30(34)39/h3-16H,1-2H3,(H,31,38)(H,32,39). The van der Waals surface area contributed by atoms with Crippen molar-refractivity contribution in [2.75, 3.05) is 0 Å². The number of rotatable bonds is 4. The molecule has 0 aliphatic heterocycles. The SMILES string of the molecule is Cc1ccc2[nH]c(=S)n(-c3ccc(Oc4ccc(-n5c(=S)[nH]c6ccc(C)cc6c5=O)cc4)cc3)c(=O)c2c1. The predicted octanol–water partition coefficient (Wildman–Crippen LogP) is 6.82. The molecule has 0 spiro atoms. The number of benzene rings is 4. The molecule has 0 radical (unpaired) electrons. The van der Waals surface area contributed by atoms with Crippen LogP contribution < -0.4 is 15.9 Å². The minimum atomic E-state index is -0.181. The normalized spacial score (nSPS) is 11.2. The molecular formula is C30H22N4O3S2. The maximum atomic E-state index is 13.2. The Bertz CT molecular complexity index is 1980. The smallest absolute Gasteiger partial charge is 0.266 e. The van der Waals surface area contributed by atoms with Gasteiger partial charge in [-0.15, -0.1) is 0 Å². The average molecular weight is 551 g/mol. The van der Waals surface area contributed by atoms with Gasteiger partial charge in [0.1, 0.15) is 11.5 Å². The predicted molar refractivity (Wildman–Crippen MR) is 159 cm³/mol. The van der Waals surface area contributed by atoms with E-state index in [1.807, 2.05) is 50.2 Å². The molecule has 6 aromatic rings. The third-order valence-corrected chi connectivity index (χ3v) is 7.10. The Labute approximate surface area is 232 Å². The third-order valence-electron chi connectivity index (χ3n) is 6.53. The second kappa shape index (κ2) is 9.61. The molecule has 0 saturated carbocycles. The Balaban J connectivity index is 1.28. The molecule has 0 fully saturated rings. The van der Waals surface area contributed by atoms with Crippen LogP contribution in [0.2, 0.25) is 0 Å². The van der Waals surface area contributed by atoms with Crippen molar-refractivity contribution in [3.63, 3.8) is 0 Å². The molecule has 9 heteroatoms. The molecule has 2 aromatic heterocycles. The van der Waals surface area contributed by atoms with Gasteiger partial charge in [0.2, 0.25) is 0 Å². The fourth-order valence-electron chi connectivity index (χ4n) is 4.59. The molecule has 4 aromatic carbocycles. The summed E-state index contributed by atoms with van der Waals surface area (Å²) in [6, 6.07) is 25.5. The lowest BCUT2D eigenvalue weighted by Gasteiger charge is -2.11. The first-order valence-corrected chi connectivity index (χ1v) is 13.0. The molecule has 0 atom stereocenters. The molecule has 0 amide bonds. The van der Waals surface area contributed by atoms with Crippen LogP contribution in [0.4, 0.5) is 0 Å². The molecule has 2 heterocycles. The zero-order valence-electron chi connectivity index (χ0n) is 21.0. The zero-order valence-corrected chi connectivity index (χ0v) is 22.7. The van der Waals surface area contributed by atoms with Crippen molar-refractivity contribution in [2.45, 2.75) is 13.8 Å². The van der Waals surface area contributed by atoms with Gasteiger partial charge >= 0.3 is 0 Å². The molecule has 0 aliphatic carbocycles. The van der Waals surface area contributed by atoms with E-state index in [9.17, 15) is 9.59 Å². The Kier molecular flexibility index (Phi) is 6.09. The van der Waals surface area contributed by atoms with E-state index in [1.165, 1.54) is 9.13 Å². The summed E-state index contributed by atoms with van der Waals surface area (Å²) in [4.78, 5) is 32.6. The van der Waals surface area contributed by atoms with Gasteiger partial charge < -0.3 is 14.7 Å². The highest BCUT2D eigenvalue weighted by atomic mass is 32.1. The van der Waals surface area contributed by atoms with E-state index in [4.69, 9.17) is 29.2 Å². The van der Waals surface area contributed by atoms with Crippen molar-refractivity contribution >= 4 is 46.2 Å². The van der Waals surface area contributed by atoms with E-state index in [0.717, 1.165) is 11.1 Å². The molecule has 0 aliphatic rings. The molecule has 6 rings (SSSR count). The summed E-state index contributed by atoms with van der Waals surface area (Å²) in [7, 11) is 0. The number of hydrogen-bond acceptors (Lipinski definition) is 5. The van der Waals surface area contributed by atoms with Crippen LogP contribution >= 0.6 is 24.4 Å². The minimum Gasteiger partial charge on any atom is -0.457 e. The van der Waals surface area contributed by atoms with E-state index in [2.05, 4.69) is 9.97 Å². The molecule has 2 N–H and O–H groups in total. The van der Waals surface area contributed by atoms with Crippen LogP contribution in [0.15, 0.2) is 94.5 Å². The van der Waals surface area contributed by atoms with Crippen LogP contribution in [0, 0.1) is 23.4 Å². The van der Waals surface area contributed by atoms with Crippen LogP contribution in [0.25, 0.3) is 33.2 Å². The van der Waals surface area contributed by atoms with Gasteiger partial charge in [0.15, 0.2) is 9.54 Å². The molecule has 0 bridgehead atoms. The van der Waals surface area contributed by atoms with Crippen molar-refractivity contribution < 1.29 is 4.74 Å². The van der Waals surface area contributed by atoms with Crippen molar-refractivity contribution in [3.05, 3.63) is 126 Å². The van der Waals surface area contributed by atoms with Gasteiger partial charge in [0.05, 0.1) is 33.2 Å².